The van der Waals surface area contributed by atoms with Gasteiger partial charge in [0.1, 0.15) is 0 Å². The van der Waals surface area contributed by atoms with Gasteiger partial charge in [0.15, 0.2) is 0 Å². The highest BCUT2D eigenvalue weighted by molar-refractivity contribution is 6.31. The maximum Gasteiger partial charge on any atom is 0.251 e. The lowest BCUT2D eigenvalue weighted by atomic mass is 9.90. The first-order chi connectivity index (χ1) is 15.2. The lowest BCUT2D eigenvalue weighted by Gasteiger charge is -2.32. The summed E-state index contributed by atoms with van der Waals surface area (Å²) in [5, 5.41) is 3.62. The summed E-state index contributed by atoms with van der Waals surface area (Å²) in [6, 6.07) is 26.4. The second-order valence-electron chi connectivity index (χ2n) is 8.38. The molecule has 1 heterocycles. The zero-order valence-electron chi connectivity index (χ0n) is 17.8. The maximum absolute atomic E-state index is 12.5. The SMILES string of the molecule is O=C(NCc1ccccc1Cl)c1ccc(CN2CCC(Cc3ccccc3)CC2)cc1. The Kier molecular flexibility index (Phi) is 7.39. The Hall–Kier alpha value is -2.62. The molecule has 3 aromatic rings. The zero-order chi connectivity index (χ0) is 21.5. The van der Waals surface area contributed by atoms with E-state index in [4.69, 9.17) is 11.6 Å². The number of amides is 1. The van der Waals surface area contributed by atoms with Gasteiger partial charge >= 0.3 is 0 Å². The first-order valence-electron chi connectivity index (χ1n) is 11.0. The van der Waals surface area contributed by atoms with Crippen molar-refractivity contribution in [3.8, 4) is 0 Å². The molecule has 1 saturated heterocycles. The monoisotopic (exact) mass is 432 g/mol. The van der Waals surface area contributed by atoms with Crippen LogP contribution in [0.2, 0.25) is 5.02 Å². The molecular formula is C27H29ClN2O. The minimum absolute atomic E-state index is 0.0757. The molecule has 0 unspecified atom stereocenters. The number of piperidine rings is 1. The van der Waals surface area contributed by atoms with E-state index in [2.05, 4.69) is 52.7 Å². The van der Waals surface area contributed by atoms with Gasteiger partial charge in [-0.25, -0.2) is 0 Å². The van der Waals surface area contributed by atoms with Crippen LogP contribution in [-0.4, -0.2) is 23.9 Å². The van der Waals surface area contributed by atoms with E-state index in [1.165, 1.54) is 30.4 Å². The van der Waals surface area contributed by atoms with E-state index in [9.17, 15) is 4.79 Å². The predicted octanol–water partition coefficient (Wildman–Crippen LogP) is 5.72. The number of carbonyl (C=O) groups is 1. The van der Waals surface area contributed by atoms with E-state index in [0.29, 0.717) is 17.1 Å². The van der Waals surface area contributed by atoms with Crippen molar-refractivity contribution in [3.63, 3.8) is 0 Å². The van der Waals surface area contributed by atoms with E-state index < -0.39 is 0 Å². The summed E-state index contributed by atoms with van der Waals surface area (Å²) in [7, 11) is 0. The molecule has 0 radical (unpaired) electrons. The molecule has 1 aliphatic heterocycles. The van der Waals surface area contributed by atoms with Crippen molar-refractivity contribution in [2.45, 2.75) is 32.4 Å². The third-order valence-electron chi connectivity index (χ3n) is 6.09. The van der Waals surface area contributed by atoms with E-state index >= 15 is 0 Å². The second-order valence-corrected chi connectivity index (χ2v) is 8.79. The Balaban J connectivity index is 1.23. The number of hydrogen-bond donors (Lipinski definition) is 1. The van der Waals surface area contributed by atoms with Gasteiger partial charge in [-0.05, 0) is 73.2 Å². The van der Waals surface area contributed by atoms with Gasteiger partial charge in [0.2, 0.25) is 0 Å². The van der Waals surface area contributed by atoms with Crippen LogP contribution in [0.3, 0.4) is 0 Å². The number of carbonyl (C=O) groups excluding carboxylic acids is 1. The van der Waals surface area contributed by atoms with Gasteiger partial charge in [-0.15, -0.1) is 0 Å². The molecule has 0 saturated carbocycles. The Morgan fingerprint density at radius 1 is 0.871 bits per heavy atom. The number of nitrogens with zero attached hydrogens (tertiary/aromatic N) is 1. The van der Waals surface area contributed by atoms with Gasteiger partial charge < -0.3 is 5.32 Å². The van der Waals surface area contributed by atoms with Crippen LogP contribution in [-0.2, 0) is 19.5 Å². The Labute approximate surface area is 190 Å². The normalized spacial score (nSPS) is 15.0. The molecule has 0 spiro atoms. The third-order valence-corrected chi connectivity index (χ3v) is 6.46. The van der Waals surface area contributed by atoms with Crippen molar-refractivity contribution >= 4 is 17.5 Å². The van der Waals surface area contributed by atoms with Crippen LogP contribution in [0.5, 0.6) is 0 Å². The minimum atomic E-state index is -0.0757. The van der Waals surface area contributed by atoms with E-state index in [-0.39, 0.29) is 5.91 Å². The molecule has 1 amide bonds. The molecule has 1 N–H and O–H groups in total. The van der Waals surface area contributed by atoms with Crippen molar-refractivity contribution < 1.29 is 4.79 Å². The van der Waals surface area contributed by atoms with Crippen molar-refractivity contribution in [1.82, 2.24) is 10.2 Å². The lowest BCUT2D eigenvalue weighted by Crippen LogP contribution is -2.33. The van der Waals surface area contributed by atoms with Crippen LogP contribution >= 0.6 is 11.6 Å². The van der Waals surface area contributed by atoms with Gasteiger partial charge in [0.25, 0.3) is 5.91 Å². The third kappa shape index (κ3) is 6.19. The Morgan fingerprint density at radius 2 is 1.55 bits per heavy atom. The summed E-state index contributed by atoms with van der Waals surface area (Å²) in [5.74, 6) is 0.705. The van der Waals surface area contributed by atoms with Gasteiger partial charge in [-0.1, -0.05) is 72.3 Å². The van der Waals surface area contributed by atoms with Crippen molar-refractivity contribution in [3.05, 3.63) is 106 Å². The molecular weight excluding hydrogens is 404 g/mol. The van der Waals surface area contributed by atoms with Crippen LogP contribution in [0, 0.1) is 5.92 Å². The number of hydrogen-bond acceptors (Lipinski definition) is 2. The number of nitrogens with one attached hydrogen (secondary N) is 1. The minimum Gasteiger partial charge on any atom is -0.348 e. The maximum atomic E-state index is 12.5. The standard InChI is InChI=1S/C27H29ClN2O/c28-26-9-5-4-8-25(26)19-29-27(31)24-12-10-23(11-13-24)20-30-16-14-22(15-17-30)18-21-6-2-1-3-7-21/h1-13,22H,14-20H2,(H,29,31). The first kappa shape index (κ1) is 21.6. The van der Waals surface area contributed by atoms with Crippen LogP contribution in [0.15, 0.2) is 78.9 Å². The van der Waals surface area contributed by atoms with Gasteiger partial charge in [-0.3, -0.25) is 9.69 Å². The molecule has 160 valence electrons. The highest BCUT2D eigenvalue weighted by Crippen LogP contribution is 2.23. The average molecular weight is 433 g/mol. The van der Waals surface area contributed by atoms with Crippen LogP contribution in [0.25, 0.3) is 0 Å². The summed E-state index contributed by atoms with van der Waals surface area (Å²) >= 11 is 6.16. The summed E-state index contributed by atoms with van der Waals surface area (Å²) in [4.78, 5) is 15.0. The summed E-state index contributed by atoms with van der Waals surface area (Å²) in [5.41, 5.74) is 4.30. The fraction of sp³-hybridized carbons (Fsp3) is 0.296. The molecule has 0 aromatic heterocycles. The smallest absolute Gasteiger partial charge is 0.251 e. The van der Waals surface area contributed by atoms with E-state index in [1.54, 1.807) is 0 Å². The number of rotatable bonds is 7. The van der Waals surface area contributed by atoms with Crippen molar-refractivity contribution in [1.29, 1.82) is 0 Å². The predicted molar refractivity (Wildman–Crippen MR) is 127 cm³/mol. The molecule has 4 rings (SSSR count). The van der Waals surface area contributed by atoms with Crippen molar-refractivity contribution in [2.75, 3.05) is 13.1 Å². The number of benzene rings is 3. The molecule has 0 aliphatic carbocycles. The summed E-state index contributed by atoms with van der Waals surface area (Å²) < 4.78 is 0. The topological polar surface area (TPSA) is 32.3 Å². The number of halogens is 1. The average Bonchev–Trinajstić information content (AvgIpc) is 2.81. The fourth-order valence-electron chi connectivity index (χ4n) is 4.24. The van der Waals surface area contributed by atoms with Crippen LogP contribution < -0.4 is 5.32 Å². The van der Waals surface area contributed by atoms with E-state index in [1.807, 2.05) is 36.4 Å². The summed E-state index contributed by atoms with van der Waals surface area (Å²) in [6.07, 6.45) is 3.68. The molecule has 3 nitrogen and oxygen atoms in total. The van der Waals surface area contributed by atoms with Gasteiger partial charge in [0, 0.05) is 23.7 Å². The van der Waals surface area contributed by atoms with Crippen LogP contribution in [0.1, 0.15) is 39.9 Å². The van der Waals surface area contributed by atoms with Crippen LogP contribution in [0.4, 0.5) is 0 Å². The lowest BCUT2D eigenvalue weighted by molar-refractivity contribution is 0.0951. The quantitative estimate of drug-likeness (QED) is 0.517. The molecule has 1 aliphatic rings. The zero-order valence-corrected chi connectivity index (χ0v) is 18.5. The molecule has 4 heteroatoms. The Bertz CT molecular complexity index is 980. The first-order valence-corrected chi connectivity index (χ1v) is 11.4. The largest absolute Gasteiger partial charge is 0.348 e. The number of likely N-dealkylation sites (tertiary alicyclic amines) is 1. The highest BCUT2D eigenvalue weighted by Gasteiger charge is 2.19. The Morgan fingerprint density at radius 3 is 2.26 bits per heavy atom. The van der Waals surface area contributed by atoms with Crippen molar-refractivity contribution in [2.24, 2.45) is 5.92 Å². The van der Waals surface area contributed by atoms with Gasteiger partial charge in [0.05, 0.1) is 0 Å². The fourth-order valence-corrected chi connectivity index (χ4v) is 4.44. The molecule has 1 fully saturated rings. The van der Waals surface area contributed by atoms with E-state index in [0.717, 1.165) is 31.1 Å². The second kappa shape index (κ2) is 10.6. The molecule has 0 bridgehead atoms. The molecule has 31 heavy (non-hydrogen) atoms. The summed E-state index contributed by atoms with van der Waals surface area (Å²) in [6.45, 7) is 3.65. The highest BCUT2D eigenvalue weighted by atomic mass is 35.5. The van der Waals surface area contributed by atoms with Gasteiger partial charge in [-0.2, -0.15) is 0 Å². The molecule has 3 aromatic carbocycles. The molecule has 0 atom stereocenters.